The Bertz CT molecular complexity index is 316. The highest BCUT2D eigenvalue weighted by molar-refractivity contribution is 5.25. The molecule has 1 aromatic rings. The molecule has 0 aliphatic carbocycles. The Morgan fingerprint density at radius 1 is 1.35 bits per heavy atom. The van der Waals surface area contributed by atoms with Crippen molar-refractivity contribution >= 4 is 0 Å². The molecule has 0 saturated carbocycles. The van der Waals surface area contributed by atoms with Crippen LogP contribution in [0, 0.1) is 0 Å². The largest absolute Gasteiger partial charge is 0.475 e. The van der Waals surface area contributed by atoms with Crippen LogP contribution in [-0.2, 0) is 11.3 Å². The van der Waals surface area contributed by atoms with E-state index in [2.05, 4.69) is 24.1 Å². The predicted octanol–water partition coefficient (Wildman–Crippen LogP) is 1.99. The zero-order valence-electron chi connectivity index (χ0n) is 10.9. The van der Waals surface area contributed by atoms with Crippen molar-refractivity contribution in [3.8, 4) is 5.88 Å². The van der Waals surface area contributed by atoms with E-state index in [0.717, 1.165) is 12.1 Å². The maximum atomic E-state index is 5.60. The first-order valence-electron chi connectivity index (χ1n) is 6.11. The van der Waals surface area contributed by atoms with Crippen molar-refractivity contribution in [3.05, 3.63) is 23.9 Å². The highest BCUT2D eigenvalue weighted by atomic mass is 16.5. The van der Waals surface area contributed by atoms with Gasteiger partial charge in [-0.3, -0.25) is 0 Å². The molecule has 4 heteroatoms. The van der Waals surface area contributed by atoms with Crippen LogP contribution in [-0.4, -0.2) is 30.8 Å². The summed E-state index contributed by atoms with van der Waals surface area (Å²) in [6.07, 6.45) is 1.74. The smallest absolute Gasteiger partial charge is 0.217 e. The van der Waals surface area contributed by atoms with E-state index < -0.39 is 0 Å². The van der Waals surface area contributed by atoms with Crippen molar-refractivity contribution in [1.29, 1.82) is 0 Å². The number of nitrogens with one attached hydrogen (secondary N) is 1. The second kappa shape index (κ2) is 8.03. The van der Waals surface area contributed by atoms with Gasteiger partial charge >= 0.3 is 0 Å². The van der Waals surface area contributed by atoms with Gasteiger partial charge in [0.15, 0.2) is 0 Å². The Morgan fingerprint density at radius 3 is 2.88 bits per heavy atom. The van der Waals surface area contributed by atoms with Gasteiger partial charge in [-0.15, -0.1) is 0 Å². The maximum Gasteiger partial charge on any atom is 0.217 e. The summed E-state index contributed by atoms with van der Waals surface area (Å²) in [6, 6.07) is 4.40. The van der Waals surface area contributed by atoms with Crippen LogP contribution in [0.2, 0.25) is 0 Å². The minimum atomic E-state index is 0.450. The lowest BCUT2D eigenvalue weighted by Gasteiger charge is -2.12. The number of pyridine rings is 1. The Morgan fingerprint density at radius 2 is 2.18 bits per heavy atom. The van der Waals surface area contributed by atoms with Crippen LogP contribution < -0.4 is 10.1 Å². The van der Waals surface area contributed by atoms with Crippen LogP contribution in [0.1, 0.15) is 26.3 Å². The van der Waals surface area contributed by atoms with E-state index in [9.17, 15) is 0 Å². The molecule has 1 N–H and O–H groups in total. The highest BCUT2D eigenvalue weighted by Gasteiger charge is 2.04. The summed E-state index contributed by atoms with van der Waals surface area (Å²) in [5.41, 5.74) is 1.08. The number of ether oxygens (including phenoxy) is 2. The van der Waals surface area contributed by atoms with Gasteiger partial charge in [0, 0.05) is 31.0 Å². The molecule has 0 fully saturated rings. The van der Waals surface area contributed by atoms with E-state index in [4.69, 9.17) is 9.47 Å². The second-order valence-corrected chi connectivity index (χ2v) is 4.05. The van der Waals surface area contributed by atoms with Crippen molar-refractivity contribution in [1.82, 2.24) is 10.3 Å². The van der Waals surface area contributed by atoms with Gasteiger partial charge in [0.2, 0.25) is 5.88 Å². The third-order valence-corrected chi connectivity index (χ3v) is 2.22. The van der Waals surface area contributed by atoms with E-state index in [0.29, 0.717) is 31.7 Å². The van der Waals surface area contributed by atoms with Crippen molar-refractivity contribution < 1.29 is 9.47 Å². The standard InChI is InChI=1S/C13H22N2O2/c1-4-16-8-9-17-13-12(6-5-7-14-13)10-15-11(2)3/h5-7,11,15H,4,8-10H2,1-3H3. The molecule has 17 heavy (non-hydrogen) atoms. The predicted molar refractivity (Wildman–Crippen MR) is 68.2 cm³/mol. The van der Waals surface area contributed by atoms with Gasteiger partial charge in [-0.25, -0.2) is 4.98 Å². The SMILES string of the molecule is CCOCCOc1ncccc1CNC(C)C. The number of rotatable bonds is 8. The lowest BCUT2D eigenvalue weighted by atomic mass is 10.2. The molecule has 0 amide bonds. The second-order valence-electron chi connectivity index (χ2n) is 4.05. The van der Waals surface area contributed by atoms with Crippen molar-refractivity contribution in [3.63, 3.8) is 0 Å². The third-order valence-electron chi connectivity index (χ3n) is 2.22. The Kier molecular flexibility index (Phi) is 6.58. The van der Waals surface area contributed by atoms with Gasteiger partial charge in [-0.2, -0.15) is 0 Å². The Balaban J connectivity index is 2.46. The van der Waals surface area contributed by atoms with E-state index in [1.165, 1.54) is 0 Å². The van der Waals surface area contributed by atoms with Crippen molar-refractivity contribution in [2.45, 2.75) is 33.4 Å². The molecule has 0 unspecified atom stereocenters. The molecule has 0 saturated heterocycles. The van der Waals surface area contributed by atoms with E-state index in [1.54, 1.807) is 6.20 Å². The van der Waals surface area contributed by atoms with E-state index in [-0.39, 0.29) is 0 Å². The summed E-state index contributed by atoms with van der Waals surface area (Å²) < 4.78 is 10.8. The Labute approximate surface area is 103 Å². The molecule has 0 aromatic carbocycles. The zero-order chi connectivity index (χ0) is 12.5. The number of nitrogens with zero attached hydrogens (tertiary/aromatic N) is 1. The first kappa shape index (κ1) is 13.9. The summed E-state index contributed by atoms with van der Waals surface area (Å²) in [5, 5.41) is 3.35. The molecule has 1 heterocycles. The highest BCUT2D eigenvalue weighted by Crippen LogP contribution is 2.13. The lowest BCUT2D eigenvalue weighted by Crippen LogP contribution is -2.22. The van der Waals surface area contributed by atoms with Crippen molar-refractivity contribution in [2.75, 3.05) is 19.8 Å². The van der Waals surface area contributed by atoms with E-state index >= 15 is 0 Å². The normalized spacial score (nSPS) is 10.8. The molecule has 0 aliphatic heterocycles. The molecule has 1 aromatic heterocycles. The number of hydrogen-bond acceptors (Lipinski definition) is 4. The molecule has 1 rings (SSSR count). The van der Waals surface area contributed by atoms with E-state index in [1.807, 2.05) is 19.1 Å². The first-order chi connectivity index (χ1) is 8.24. The minimum absolute atomic E-state index is 0.450. The summed E-state index contributed by atoms with van der Waals surface area (Å²) in [7, 11) is 0. The summed E-state index contributed by atoms with van der Waals surface area (Å²) in [6.45, 7) is 8.84. The first-order valence-corrected chi connectivity index (χ1v) is 6.11. The van der Waals surface area contributed by atoms with Gasteiger partial charge < -0.3 is 14.8 Å². The van der Waals surface area contributed by atoms with Crippen molar-refractivity contribution in [2.24, 2.45) is 0 Å². The van der Waals surface area contributed by atoms with Crippen LogP contribution in [0.3, 0.4) is 0 Å². The summed E-state index contributed by atoms with van der Waals surface area (Å²) in [5.74, 6) is 0.695. The average molecular weight is 238 g/mol. The molecule has 0 radical (unpaired) electrons. The fourth-order valence-electron chi connectivity index (χ4n) is 1.34. The number of aromatic nitrogens is 1. The fourth-order valence-corrected chi connectivity index (χ4v) is 1.34. The van der Waals surface area contributed by atoms with Gasteiger partial charge in [0.1, 0.15) is 6.61 Å². The van der Waals surface area contributed by atoms with Crippen LogP contribution in [0.25, 0.3) is 0 Å². The zero-order valence-corrected chi connectivity index (χ0v) is 10.9. The number of hydrogen-bond donors (Lipinski definition) is 1. The van der Waals surface area contributed by atoms with Crippen LogP contribution in [0.5, 0.6) is 5.88 Å². The average Bonchev–Trinajstić information content (AvgIpc) is 2.33. The monoisotopic (exact) mass is 238 g/mol. The topological polar surface area (TPSA) is 43.4 Å². The molecule has 0 atom stereocenters. The molecular formula is C13H22N2O2. The van der Waals surface area contributed by atoms with Gasteiger partial charge in [0.05, 0.1) is 6.61 Å². The summed E-state index contributed by atoms with van der Waals surface area (Å²) in [4.78, 5) is 4.24. The third kappa shape index (κ3) is 5.65. The van der Waals surface area contributed by atoms with Gasteiger partial charge in [-0.1, -0.05) is 19.9 Å². The molecule has 96 valence electrons. The minimum Gasteiger partial charge on any atom is -0.475 e. The van der Waals surface area contributed by atoms with Gasteiger partial charge in [-0.05, 0) is 13.0 Å². The van der Waals surface area contributed by atoms with Crippen LogP contribution in [0.15, 0.2) is 18.3 Å². The van der Waals surface area contributed by atoms with Crippen LogP contribution >= 0.6 is 0 Å². The molecule has 0 bridgehead atoms. The lowest BCUT2D eigenvalue weighted by molar-refractivity contribution is 0.108. The molecular weight excluding hydrogens is 216 g/mol. The quantitative estimate of drug-likeness (QED) is 0.703. The summed E-state index contributed by atoms with van der Waals surface area (Å²) >= 11 is 0. The fraction of sp³-hybridized carbons (Fsp3) is 0.615. The van der Waals surface area contributed by atoms with Crippen LogP contribution in [0.4, 0.5) is 0 Å². The maximum absolute atomic E-state index is 5.60. The molecule has 0 aliphatic rings. The molecule has 4 nitrogen and oxygen atoms in total. The Hall–Kier alpha value is -1.13. The van der Waals surface area contributed by atoms with Gasteiger partial charge in [0.25, 0.3) is 0 Å². The molecule has 0 spiro atoms.